The fraction of sp³-hybridized carbons (Fsp3) is 1.00. The second kappa shape index (κ2) is 45.8. The van der Waals surface area contributed by atoms with Crippen LogP contribution in [0.4, 0.5) is 0 Å². The van der Waals surface area contributed by atoms with Crippen molar-refractivity contribution in [2.75, 3.05) is 79.3 Å². The van der Waals surface area contributed by atoms with Crippen molar-refractivity contribution in [3.63, 3.8) is 0 Å². The third kappa shape index (κ3) is 69.7. The molecule has 17 heteroatoms. The maximum absolute atomic E-state index is 8.17. The summed E-state index contributed by atoms with van der Waals surface area (Å²) < 4.78 is 0. The first-order chi connectivity index (χ1) is 16.0. The van der Waals surface area contributed by atoms with E-state index in [9.17, 15) is 0 Å². The standard InChI is InChI=1S/5C3H8O3.C2H6O2/c5*4-1-3(6)2-5;3-1-2-4/h5*3-6H,1-2H2;3-4H,1-2H2. The summed E-state index contributed by atoms with van der Waals surface area (Å²) in [5, 5.41) is 135. The van der Waals surface area contributed by atoms with E-state index in [1.54, 1.807) is 0 Å². The average Bonchev–Trinajstić information content (AvgIpc) is 2.91. The van der Waals surface area contributed by atoms with Crippen molar-refractivity contribution >= 4 is 0 Å². The van der Waals surface area contributed by atoms with Gasteiger partial charge in [0, 0.05) is 0 Å². The maximum Gasteiger partial charge on any atom is 0.100 e. The van der Waals surface area contributed by atoms with Crippen LogP contribution in [-0.2, 0) is 0 Å². The van der Waals surface area contributed by atoms with Gasteiger partial charge >= 0.3 is 0 Å². The van der Waals surface area contributed by atoms with Crippen LogP contribution in [0.5, 0.6) is 0 Å². The maximum atomic E-state index is 8.17. The van der Waals surface area contributed by atoms with Crippen molar-refractivity contribution in [3.8, 4) is 0 Å². The summed E-state index contributed by atoms with van der Waals surface area (Å²) >= 11 is 0. The van der Waals surface area contributed by atoms with E-state index in [1.165, 1.54) is 0 Å². The van der Waals surface area contributed by atoms with Gasteiger partial charge < -0.3 is 86.8 Å². The van der Waals surface area contributed by atoms with Crippen LogP contribution in [-0.4, -0.2) is 197 Å². The smallest absolute Gasteiger partial charge is 0.100 e. The molecule has 0 rings (SSSR count). The molecular weight excluding hydrogens is 476 g/mol. The van der Waals surface area contributed by atoms with E-state index in [0.29, 0.717) is 0 Å². The molecule has 0 spiro atoms. The summed E-state index contributed by atoms with van der Waals surface area (Å²) in [4.78, 5) is 0. The molecule has 17 N–H and O–H groups in total. The molecule has 0 aromatic rings. The quantitative estimate of drug-likeness (QED) is 0.120. The van der Waals surface area contributed by atoms with E-state index in [4.69, 9.17) is 86.8 Å². The van der Waals surface area contributed by atoms with Crippen molar-refractivity contribution in [2.24, 2.45) is 0 Å². The molecule has 216 valence electrons. The summed E-state index contributed by atoms with van der Waals surface area (Å²) in [6.45, 7) is -3.90. The molecule has 0 heterocycles. The molecule has 34 heavy (non-hydrogen) atoms. The molecular formula is C17H46O17. The van der Waals surface area contributed by atoms with Crippen LogP contribution in [0.1, 0.15) is 0 Å². The third-order valence-corrected chi connectivity index (χ3v) is 2.21. The zero-order chi connectivity index (χ0) is 28.4. The molecule has 0 aliphatic carbocycles. The van der Waals surface area contributed by atoms with Gasteiger partial charge in [-0.15, -0.1) is 0 Å². The number of aliphatic hydroxyl groups excluding tert-OH is 17. The van der Waals surface area contributed by atoms with Crippen molar-refractivity contribution in [1.82, 2.24) is 0 Å². The predicted molar refractivity (Wildman–Crippen MR) is 115 cm³/mol. The Morgan fingerprint density at radius 2 is 0.324 bits per heavy atom. The van der Waals surface area contributed by atoms with Crippen LogP contribution in [0.2, 0.25) is 0 Å². The third-order valence-electron chi connectivity index (χ3n) is 2.21. The molecule has 0 radical (unpaired) electrons. The molecule has 0 atom stereocenters. The van der Waals surface area contributed by atoms with Gasteiger partial charge in [-0.25, -0.2) is 0 Å². The first-order valence-electron chi connectivity index (χ1n) is 9.67. The van der Waals surface area contributed by atoms with Crippen LogP contribution >= 0.6 is 0 Å². The monoisotopic (exact) mass is 522 g/mol. The Bertz CT molecular complexity index is 211. The van der Waals surface area contributed by atoms with Crippen molar-refractivity contribution in [2.45, 2.75) is 30.5 Å². The minimum Gasteiger partial charge on any atom is -0.394 e. The van der Waals surface area contributed by atoms with Gasteiger partial charge in [-0.1, -0.05) is 0 Å². The van der Waals surface area contributed by atoms with E-state index in [1.807, 2.05) is 0 Å². The molecule has 0 aliphatic heterocycles. The largest absolute Gasteiger partial charge is 0.394 e. The van der Waals surface area contributed by atoms with Gasteiger partial charge in [0.05, 0.1) is 79.3 Å². The number of hydrogen-bond donors (Lipinski definition) is 17. The van der Waals surface area contributed by atoms with Gasteiger partial charge in [0.15, 0.2) is 0 Å². The van der Waals surface area contributed by atoms with Gasteiger partial charge in [0.2, 0.25) is 0 Å². The lowest BCUT2D eigenvalue weighted by Gasteiger charge is -1.96. The SMILES string of the molecule is OCC(O)CO.OCC(O)CO.OCC(O)CO.OCC(O)CO.OCC(O)CO.OCCO. The van der Waals surface area contributed by atoms with Crippen LogP contribution < -0.4 is 0 Å². The van der Waals surface area contributed by atoms with Crippen LogP contribution in [0.25, 0.3) is 0 Å². The number of rotatable bonds is 11. The van der Waals surface area contributed by atoms with Crippen molar-refractivity contribution < 1.29 is 86.8 Å². The van der Waals surface area contributed by atoms with Gasteiger partial charge in [-0.2, -0.15) is 0 Å². The number of hydrogen-bond acceptors (Lipinski definition) is 17. The Balaban J connectivity index is -0.0000000695. The molecule has 0 fully saturated rings. The molecule has 0 aromatic carbocycles. The summed E-state index contributed by atoms with van der Waals surface area (Å²) in [5.41, 5.74) is 0. The Kier molecular flexibility index (Phi) is 62.8. The molecule has 0 bridgehead atoms. The molecule has 0 unspecified atom stereocenters. The molecule has 0 amide bonds. The highest BCUT2D eigenvalue weighted by atomic mass is 16.4. The first-order valence-corrected chi connectivity index (χ1v) is 9.67. The minimum atomic E-state index is -0.954. The van der Waals surface area contributed by atoms with Crippen LogP contribution in [0.3, 0.4) is 0 Å². The lowest BCUT2D eigenvalue weighted by molar-refractivity contribution is 0.0450. The topological polar surface area (TPSA) is 344 Å². The molecule has 0 aromatic heterocycles. The summed E-state index contributed by atoms with van der Waals surface area (Å²) in [5.74, 6) is 0. The van der Waals surface area contributed by atoms with E-state index < -0.39 is 30.5 Å². The first kappa shape index (κ1) is 46.6. The van der Waals surface area contributed by atoms with E-state index in [0.717, 1.165) is 0 Å². The Morgan fingerprint density at radius 1 is 0.235 bits per heavy atom. The highest BCUT2D eigenvalue weighted by Crippen LogP contribution is 1.73. The van der Waals surface area contributed by atoms with E-state index in [2.05, 4.69) is 0 Å². The molecule has 0 aliphatic rings. The molecule has 17 nitrogen and oxygen atoms in total. The van der Waals surface area contributed by atoms with Crippen molar-refractivity contribution in [3.05, 3.63) is 0 Å². The van der Waals surface area contributed by atoms with Gasteiger partial charge in [0.25, 0.3) is 0 Å². The summed E-state index contributed by atoms with van der Waals surface area (Å²) in [7, 11) is 0. The lowest BCUT2D eigenvalue weighted by atomic mass is 10.4. The van der Waals surface area contributed by atoms with Crippen LogP contribution in [0.15, 0.2) is 0 Å². The lowest BCUT2D eigenvalue weighted by Crippen LogP contribution is -2.15. The Morgan fingerprint density at radius 3 is 0.324 bits per heavy atom. The second-order valence-corrected chi connectivity index (χ2v) is 5.54. The molecule has 0 saturated heterocycles. The van der Waals surface area contributed by atoms with Gasteiger partial charge in [-0.05, 0) is 0 Å². The van der Waals surface area contributed by atoms with Gasteiger partial charge in [0.1, 0.15) is 30.5 Å². The van der Waals surface area contributed by atoms with E-state index >= 15 is 0 Å². The zero-order valence-electron chi connectivity index (χ0n) is 19.0. The normalized spacial score (nSPS) is 9.71. The number of aliphatic hydroxyl groups is 17. The highest BCUT2D eigenvalue weighted by molar-refractivity contribution is 4.45. The summed E-state index contributed by atoms with van der Waals surface area (Å²) in [6.07, 6.45) is -4.77. The fourth-order valence-electron chi connectivity index (χ4n) is 0.289. The Labute approximate surface area is 197 Å². The highest BCUT2D eigenvalue weighted by Gasteiger charge is 1.95. The minimum absolute atomic E-state index is 0.125. The average molecular weight is 523 g/mol. The van der Waals surface area contributed by atoms with Crippen molar-refractivity contribution in [1.29, 1.82) is 0 Å². The Hall–Kier alpha value is -0.680. The summed E-state index contributed by atoms with van der Waals surface area (Å²) in [6, 6.07) is 0. The van der Waals surface area contributed by atoms with E-state index in [-0.39, 0.29) is 79.3 Å². The fourth-order valence-corrected chi connectivity index (χ4v) is 0.289. The van der Waals surface area contributed by atoms with Gasteiger partial charge in [-0.3, -0.25) is 0 Å². The predicted octanol–water partition coefficient (Wildman–Crippen LogP) is -9.37. The zero-order valence-corrected chi connectivity index (χ0v) is 19.0. The second-order valence-electron chi connectivity index (χ2n) is 5.54. The molecule has 0 saturated carbocycles. The van der Waals surface area contributed by atoms with Crippen LogP contribution in [0, 0.1) is 0 Å².